The Kier molecular flexibility index (Phi) is 7.62. The van der Waals surface area contributed by atoms with Crippen molar-refractivity contribution >= 4 is 17.5 Å². The van der Waals surface area contributed by atoms with Gasteiger partial charge in [0.2, 0.25) is 0 Å². The van der Waals surface area contributed by atoms with Gasteiger partial charge in [-0.25, -0.2) is 13.8 Å². The molecule has 180 valence electrons. The zero-order valence-corrected chi connectivity index (χ0v) is 19.2. The van der Waals surface area contributed by atoms with Gasteiger partial charge in [-0.3, -0.25) is 9.59 Å². The number of benzene rings is 3. The second-order valence-electron chi connectivity index (χ2n) is 8.09. The van der Waals surface area contributed by atoms with Crippen molar-refractivity contribution in [2.45, 2.75) is 12.5 Å². The van der Waals surface area contributed by atoms with Crippen LogP contribution in [-0.2, 0) is 9.53 Å². The molecule has 1 aliphatic heterocycles. The maximum Gasteiger partial charge on any atom is 0.262 e. The predicted octanol–water partition coefficient (Wildman–Crippen LogP) is 4.43. The van der Waals surface area contributed by atoms with E-state index in [0.717, 1.165) is 5.56 Å². The van der Waals surface area contributed by atoms with Gasteiger partial charge in [-0.05, 0) is 23.8 Å². The molecular formula is C27H25F2N3O3. The number of amides is 2. The molecule has 0 aliphatic carbocycles. The van der Waals surface area contributed by atoms with E-state index in [-0.39, 0.29) is 25.3 Å². The molecule has 3 aromatic carbocycles. The molecule has 0 aromatic heterocycles. The molecule has 6 nitrogen and oxygen atoms in total. The van der Waals surface area contributed by atoms with Gasteiger partial charge < -0.3 is 9.64 Å². The molecule has 0 N–H and O–H groups in total. The summed E-state index contributed by atoms with van der Waals surface area (Å²) in [5, 5.41) is 5.77. The molecule has 1 heterocycles. The number of hydrogen-bond acceptors (Lipinski definition) is 4. The molecule has 0 saturated heterocycles. The maximum absolute atomic E-state index is 14.5. The van der Waals surface area contributed by atoms with Crippen LogP contribution in [0, 0.1) is 11.6 Å². The lowest BCUT2D eigenvalue weighted by molar-refractivity contribution is -0.133. The summed E-state index contributed by atoms with van der Waals surface area (Å²) < 4.78 is 33.9. The number of hydrazone groups is 1. The lowest BCUT2D eigenvalue weighted by atomic mass is 9.98. The van der Waals surface area contributed by atoms with Crippen molar-refractivity contribution < 1.29 is 23.1 Å². The van der Waals surface area contributed by atoms with Crippen molar-refractivity contribution in [2.75, 3.05) is 26.8 Å². The van der Waals surface area contributed by atoms with Crippen LogP contribution in [-0.4, -0.2) is 54.2 Å². The second-order valence-corrected chi connectivity index (χ2v) is 8.09. The zero-order chi connectivity index (χ0) is 24.8. The third kappa shape index (κ3) is 5.44. The maximum atomic E-state index is 14.5. The highest BCUT2D eigenvalue weighted by molar-refractivity contribution is 6.04. The molecule has 8 heteroatoms. The molecule has 2 amide bonds. The van der Waals surface area contributed by atoms with E-state index in [4.69, 9.17) is 4.74 Å². The van der Waals surface area contributed by atoms with Crippen LogP contribution in [0.5, 0.6) is 0 Å². The van der Waals surface area contributed by atoms with Crippen LogP contribution in [0.15, 0.2) is 84.0 Å². The molecule has 0 bridgehead atoms. The highest BCUT2D eigenvalue weighted by Gasteiger charge is 2.35. The highest BCUT2D eigenvalue weighted by atomic mass is 19.1. The smallest absolute Gasteiger partial charge is 0.262 e. The fraction of sp³-hybridized carbons (Fsp3) is 0.222. The van der Waals surface area contributed by atoms with E-state index >= 15 is 0 Å². The van der Waals surface area contributed by atoms with Crippen LogP contribution in [0.3, 0.4) is 0 Å². The molecule has 1 aliphatic rings. The summed E-state index contributed by atoms with van der Waals surface area (Å²) in [5.41, 5.74) is 1.46. The first kappa shape index (κ1) is 24.2. The van der Waals surface area contributed by atoms with Crippen molar-refractivity contribution in [3.8, 4) is 0 Å². The number of ether oxygens (including phenoxy) is 1. The Labute approximate surface area is 202 Å². The Balaban J connectivity index is 1.64. The van der Waals surface area contributed by atoms with E-state index in [1.54, 1.807) is 24.3 Å². The molecule has 35 heavy (non-hydrogen) atoms. The number of rotatable bonds is 8. The fourth-order valence-electron chi connectivity index (χ4n) is 4.03. The zero-order valence-electron chi connectivity index (χ0n) is 19.2. The van der Waals surface area contributed by atoms with E-state index in [2.05, 4.69) is 5.10 Å². The highest BCUT2D eigenvalue weighted by Crippen LogP contribution is 2.33. The van der Waals surface area contributed by atoms with E-state index in [9.17, 15) is 18.4 Å². The number of carbonyl (C=O) groups is 2. The van der Waals surface area contributed by atoms with Gasteiger partial charge in [-0.1, -0.05) is 60.7 Å². The summed E-state index contributed by atoms with van der Waals surface area (Å²) in [6.07, 6.45) is 0.315. The minimum atomic E-state index is -0.671. The minimum absolute atomic E-state index is 0.0864. The molecule has 0 radical (unpaired) electrons. The SMILES string of the molecule is COCCN(CC(=O)N1N=C(c2ccccc2F)C[C@H]1c1ccccc1)C(=O)c1ccccc1F. The minimum Gasteiger partial charge on any atom is -0.383 e. The van der Waals surface area contributed by atoms with E-state index in [0.29, 0.717) is 17.7 Å². The third-order valence-electron chi connectivity index (χ3n) is 5.82. The fourth-order valence-corrected chi connectivity index (χ4v) is 4.03. The van der Waals surface area contributed by atoms with Gasteiger partial charge in [-0.15, -0.1) is 0 Å². The Bertz CT molecular complexity index is 1230. The number of nitrogens with zero attached hydrogens (tertiary/aromatic N) is 3. The average molecular weight is 478 g/mol. The van der Waals surface area contributed by atoms with Gasteiger partial charge in [0, 0.05) is 25.6 Å². The molecule has 0 unspecified atom stereocenters. The van der Waals surface area contributed by atoms with Crippen LogP contribution in [0.1, 0.15) is 33.9 Å². The van der Waals surface area contributed by atoms with Gasteiger partial charge in [-0.2, -0.15) is 5.10 Å². The van der Waals surface area contributed by atoms with Crippen LogP contribution in [0.2, 0.25) is 0 Å². The largest absolute Gasteiger partial charge is 0.383 e. The van der Waals surface area contributed by atoms with Gasteiger partial charge in [0.25, 0.3) is 11.8 Å². The average Bonchev–Trinajstić information content (AvgIpc) is 3.32. The van der Waals surface area contributed by atoms with Gasteiger partial charge >= 0.3 is 0 Å². The summed E-state index contributed by atoms with van der Waals surface area (Å²) in [4.78, 5) is 27.8. The number of halogens is 2. The molecule has 4 rings (SSSR count). The second kappa shape index (κ2) is 11.0. The van der Waals surface area contributed by atoms with Crippen molar-refractivity contribution in [3.05, 3.63) is 107 Å². The van der Waals surface area contributed by atoms with Crippen LogP contribution in [0.4, 0.5) is 8.78 Å². The van der Waals surface area contributed by atoms with Gasteiger partial charge in [0.05, 0.1) is 23.9 Å². The monoisotopic (exact) mass is 477 g/mol. The molecule has 0 spiro atoms. The molecule has 0 saturated carbocycles. The molecule has 1 atom stereocenters. The number of methoxy groups -OCH3 is 1. The van der Waals surface area contributed by atoms with Crippen LogP contribution < -0.4 is 0 Å². The Morgan fingerprint density at radius 3 is 2.31 bits per heavy atom. The predicted molar refractivity (Wildman–Crippen MR) is 128 cm³/mol. The first-order valence-electron chi connectivity index (χ1n) is 11.2. The van der Waals surface area contributed by atoms with E-state index in [1.165, 1.54) is 41.3 Å². The Hall–Kier alpha value is -3.91. The van der Waals surface area contributed by atoms with Crippen molar-refractivity contribution in [1.82, 2.24) is 9.91 Å². The number of carbonyl (C=O) groups excluding carboxylic acids is 2. The summed E-state index contributed by atoms with van der Waals surface area (Å²) in [6, 6.07) is 20.7. The Morgan fingerprint density at radius 2 is 1.63 bits per heavy atom. The third-order valence-corrected chi connectivity index (χ3v) is 5.82. The lowest BCUT2D eigenvalue weighted by Gasteiger charge is -2.27. The van der Waals surface area contributed by atoms with Gasteiger partial charge in [0.15, 0.2) is 0 Å². The van der Waals surface area contributed by atoms with E-state index < -0.39 is 29.5 Å². The molecule has 3 aromatic rings. The first-order chi connectivity index (χ1) is 17.0. The summed E-state index contributed by atoms with van der Waals surface area (Å²) in [6.45, 7) is -0.0869. The van der Waals surface area contributed by atoms with Crippen molar-refractivity contribution in [3.63, 3.8) is 0 Å². The van der Waals surface area contributed by atoms with Crippen molar-refractivity contribution in [1.29, 1.82) is 0 Å². The van der Waals surface area contributed by atoms with E-state index in [1.807, 2.05) is 30.3 Å². The summed E-state index contributed by atoms with van der Waals surface area (Å²) >= 11 is 0. The molecular weight excluding hydrogens is 452 g/mol. The number of hydrogen-bond donors (Lipinski definition) is 0. The molecule has 0 fully saturated rings. The van der Waals surface area contributed by atoms with Crippen molar-refractivity contribution in [2.24, 2.45) is 5.10 Å². The topological polar surface area (TPSA) is 62.2 Å². The summed E-state index contributed by atoms with van der Waals surface area (Å²) in [7, 11) is 1.48. The van der Waals surface area contributed by atoms with Gasteiger partial charge in [0.1, 0.15) is 18.2 Å². The van der Waals surface area contributed by atoms with Crippen LogP contribution >= 0.6 is 0 Å². The lowest BCUT2D eigenvalue weighted by Crippen LogP contribution is -2.43. The quantitative estimate of drug-likeness (QED) is 0.482. The summed E-state index contributed by atoms with van der Waals surface area (Å²) in [5.74, 6) is -2.19. The first-order valence-corrected chi connectivity index (χ1v) is 11.2. The Morgan fingerprint density at radius 1 is 0.971 bits per heavy atom. The van der Waals surface area contributed by atoms with Crippen LogP contribution in [0.25, 0.3) is 0 Å². The standard InChI is InChI=1S/C27H25F2N3O3/c1-35-16-15-31(27(34)21-12-6-8-14-23(21)29)18-26(33)32-25(19-9-3-2-4-10-19)17-24(30-32)20-11-5-7-13-22(20)28/h2-14,25H,15-18H2,1H3/t25-/m0/s1. The normalized spacial score (nSPS) is 15.1.